The molecule has 4 aromatic rings. The standard InChI is InChI=1S/C24H27N7O2.CH2O2/c1-14-5-21(25)29-15(2)20(14)8-26-22-7-23(28-13-27-22)33-12-19-10-31-9-17(16-3-4-16)6-18(11-32)24(31)30-19;2-1-3/h5-7,9-10,13,16,32H,3-4,8,11-12H2,1-2H3,(H2,25,29)(H,26,27,28);1H,(H,2,3). The van der Waals surface area contributed by atoms with Crippen LogP contribution in [0.1, 0.15) is 52.4 Å². The molecule has 4 heterocycles. The topological polar surface area (TPSA) is 161 Å². The van der Waals surface area contributed by atoms with E-state index in [9.17, 15) is 5.11 Å². The van der Waals surface area contributed by atoms with Gasteiger partial charge in [0.05, 0.1) is 12.3 Å². The highest BCUT2D eigenvalue weighted by atomic mass is 16.5. The van der Waals surface area contributed by atoms with Crippen LogP contribution in [0.5, 0.6) is 5.88 Å². The van der Waals surface area contributed by atoms with E-state index in [1.165, 1.54) is 24.7 Å². The molecule has 0 saturated heterocycles. The number of aliphatic hydroxyl groups excluding tert-OH is 1. The number of nitrogens with two attached hydrogens (primary N) is 1. The molecule has 36 heavy (non-hydrogen) atoms. The zero-order valence-electron chi connectivity index (χ0n) is 20.2. The second-order valence-corrected chi connectivity index (χ2v) is 8.61. The molecule has 1 aliphatic rings. The molecule has 11 nitrogen and oxygen atoms in total. The Morgan fingerprint density at radius 3 is 2.67 bits per heavy atom. The van der Waals surface area contributed by atoms with Crippen LogP contribution < -0.4 is 15.8 Å². The molecule has 0 bridgehead atoms. The molecule has 0 unspecified atom stereocenters. The molecule has 1 fully saturated rings. The van der Waals surface area contributed by atoms with Gasteiger partial charge < -0.3 is 30.4 Å². The van der Waals surface area contributed by atoms with E-state index in [1.807, 2.05) is 30.5 Å². The zero-order chi connectivity index (χ0) is 25.7. The number of aryl methyl sites for hydroxylation is 2. The molecule has 11 heteroatoms. The summed E-state index contributed by atoms with van der Waals surface area (Å²) in [5.41, 5.74) is 12.5. The lowest BCUT2D eigenvalue weighted by molar-refractivity contribution is -0.122. The summed E-state index contributed by atoms with van der Waals surface area (Å²) >= 11 is 0. The van der Waals surface area contributed by atoms with E-state index < -0.39 is 0 Å². The van der Waals surface area contributed by atoms with Gasteiger partial charge in [-0.05, 0) is 61.4 Å². The Bertz CT molecular complexity index is 1350. The smallest absolute Gasteiger partial charge is 0.290 e. The number of pyridine rings is 2. The molecule has 0 atom stereocenters. The number of nitrogens with one attached hydrogen (secondary N) is 1. The maximum absolute atomic E-state index is 9.77. The monoisotopic (exact) mass is 491 g/mol. The Morgan fingerprint density at radius 2 is 1.97 bits per heavy atom. The van der Waals surface area contributed by atoms with Crippen molar-refractivity contribution in [3.05, 3.63) is 70.6 Å². The second kappa shape index (κ2) is 11.0. The van der Waals surface area contributed by atoms with Crippen LogP contribution in [-0.2, 0) is 24.6 Å². The van der Waals surface area contributed by atoms with Crippen molar-refractivity contribution in [3.63, 3.8) is 0 Å². The lowest BCUT2D eigenvalue weighted by Gasteiger charge is -2.12. The number of nitrogen functional groups attached to an aromatic ring is 1. The van der Waals surface area contributed by atoms with E-state index in [0.717, 1.165) is 33.7 Å². The summed E-state index contributed by atoms with van der Waals surface area (Å²) in [5, 5.41) is 20.0. The number of carboxylic acid groups (broad SMARTS) is 1. The molecule has 1 saturated carbocycles. The summed E-state index contributed by atoms with van der Waals surface area (Å²) in [6.45, 7) is 4.51. The van der Waals surface area contributed by atoms with Gasteiger partial charge in [-0.25, -0.2) is 19.9 Å². The van der Waals surface area contributed by atoms with Crippen molar-refractivity contribution in [2.75, 3.05) is 11.1 Å². The van der Waals surface area contributed by atoms with Crippen LogP contribution in [0.3, 0.4) is 0 Å². The number of ether oxygens (including phenoxy) is 1. The minimum absolute atomic E-state index is 0.0369. The van der Waals surface area contributed by atoms with Gasteiger partial charge in [-0.2, -0.15) is 0 Å². The number of carbonyl (C=O) groups is 1. The van der Waals surface area contributed by atoms with Crippen LogP contribution in [0.4, 0.5) is 11.6 Å². The largest absolute Gasteiger partial charge is 0.483 e. The highest BCUT2D eigenvalue weighted by molar-refractivity contribution is 5.51. The van der Waals surface area contributed by atoms with E-state index in [0.29, 0.717) is 30.0 Å². The number of anilines is 2. The van der Waals surface area contributed by atoms with Crippen molar-refractivity contribution in [2.45, 2.75) is 52.4 Å². The van der Waals surface area contributed by atoms with Crippen molar-refractivity contribution in [2.24, 2.45) is 0 Å². The Hall–Kier alpha value is -4.25. The molecule has 0 amide bonds. The quantitative estimate of drug-likeness (QED) is 0.270. The first kappa shape index (κ1) is 24.9. The van der Waals surface area contributed by atoms with Gasteiger partial charge in [-0.15, -0.1) is 0 Å². The summed E-state index contributed by atoms with van der Waals surface area (Å²) in [6.07, 6.45) is 7.93. The normalized spacial score (nSPS) is 12.6. The van der Waals surface area contributed by atoms with Crippen LogP contribution >= 0.6 is 0 Å². The number of aliphatic hydroxyl groups is 1. The second-order valence-electron chi connectivity index (χ2n) is 8.61. The number of rotatable bonds is 8. The summed E-state index contributed by atoms with van der Waals surface area (Å²) in [5.74, 6) is 2.23. The molecular weight excluding hydrogens is 462 g/mol. The Labute approximate surface area is 208 Å². The average molecular weight is 492 g/mol. The SMILES string of the molecule is Cc1cc(N)nc(C)c1CNc1cc(OCc2cn3cc(C4CC4)cc(CO)c3n2)ncn1.O=CO. The average Bonchev–Trinajstić information content (AvgIpc) is 3.61. The van der Waals surface area contributed by atoms with Gasteiger partial charge in [0, 0.05) is 36.3 Å². The summed E-state index contributed by atoms with van der Waals surface area (Å²) in [6, 6.07) is 5.69. The van der Waals surface area contributed by atoms with Crippen LogP contribution in [0.25, 0.3) is 5.65 Å². The van der Waals surface area contributed by atoms with Crippen molar-refractivity contribution in [1.82, 2.24) is 24.3 Å². The van der Waals surface area contributed by atoms with Crippen molar-refractivity contribution in [3.8, 4) is 5.88 Å². The fourth-order valence-electron chi connectivity index (χ4n) is 4.07. The summed E-state index contributed by atoms with van der Waals surface area (Å²) < 4.78 is 7.87. The van der Waals surface area contributed by atoms with Gasteiger partial charge in [0.25, 0.3) is 6.47 Å². The third kappa shape index (κ3) is 5.87. The lowest BCUT2D eigenvalue weighted by Crippen LogP contribution is -2.08. The van der Waals surface area contributed by atoms with E-state index >= 15 is 0 Å². The number of aromatic nitrogens is 5. The highest BCUT2D eigenvalue weighted by Gasteiger charge is 2.25. The number of hydrogen-bond donors (Lipinski definition) is 4. The first-order valence-corrected chi connectivity index (χ1v) is 11.5. The van der Waals surface area contributed by atoms with E-state index in [-0.39, 0.29) is 19.7 Å². The number of fused-ring (bicyclic) bond motifs is 1. The van der Waals surface area contributed by atoms with Gasteiger partial charge in [-0.1, -0.05) is 0 Å². The lowest BCUT2D eigenvalue weighted by atomic mass is 10.1. The minimum Gasteiger partial charge on any atom is -0.483 e. The molecule has 5 rings (SSSR count). The molecule has 1 aliphatic carbocycles. The molecule has 188 valence electrons. The predicted octanol–water partition coefficient (Wildman–Crippen LogP) is 2.98. The molecule has 0 spiro atoms. The number of nitrogens with zero attached hydrogens (tertiary/aromatic N) is 5. The molecule has 0 aromatic carbocycles. The van der Waals surface area contributed by atoms with Gasteiger partial charge in [-0.3, -0.25) is 4.79 Å². The van der Waals surface area contributed by atoms with Crippen molar-refractivity contribution < 1.29 is 19.7 Å². The first-order valence-electron chi connectivity index (χ1n) is 11.5. The van der Waals surface area contributed by atoms with Crippen LogP contribution in [-0.4, -0.2) is 41.0 Å². The summed E-state index contributed by atoms with van der Waals surface area (Å²) in [4.78, 5) is 25.8. The fourth-order valence-corrected chi connectivity index (χ4v) is 4.07. The fraction of sp³-hybridized carbons (Fsp3) is 0.320. The maximum Gasteiger partial charge on any atom is 0.290 e. The Balaban J connectivity index is 0.000000967. The molecule has 5 N–H and O–H groups in total. The minimum atomic E-state index is -0.250. The zero-order valence-corrected chi connectivity index (χ0v) is 20.2. The van der Waals surface area contributed by atoms with E-state index in [2.05, 4.69) is 37.5 Å². The van der Waals surface area contributed by atoms with Crippen LogP contribution in [0.15, 0.2) is 36.9 Å². The highest BCUT2D eigenvalue weighted by Crippen LogP contribution is 2.40. The molecule has 4 aromatic heterocycles. The van der Waals surface area contributed by atoms with Crippen LogP contribution in [0, 0.1) is 13.8 Å². The van der Waals surface area contributed by atoms with Gasteiger partial charge in [0.2, 0.25) is 5.88 Å². The third-order valence-electron chi connectivity index (χ3n) is 5.95. The predicted molar refractivity (Wildman–Crippen MR) is 134 cm³/mol. The van der Waals surface area contributed by atoms with Crippen LogP contribution in [0.2, 0.25) is 0 Å². The van der Waals surface area contributed by atoms with Gasteiger partial charge in [0.15, 0.2) is 0 Å². The number of imidazole rings is 1. The summed E-state index contributed by atoms with van der Waals surface area (Å²) in [7, 11) is 0. The number of hydrogen-bond acceptors (Lipinski definition) is 9. The van der Waals surface area contributed by atoms with Gasteiger partial charge >= 0.3 is 0 Å². The third-order valence-corrected chi connectivity index (χ3v) is 5.95. The van der Waals surface area contributed by atoms with Crippen molar-refractivity contribution in [1.29, 1.82) is 0 Å². The Morgan fingerprint density at radius 1 is 1.19 bits per heavy atom. The van der Waals surface area contributed by atoms with Crippen molar-refractivity contribution >= 4 is 23.8 Å². The maximum atomic E-state index is 9.77. The Kier molecular flexibility index (Phi) is 7.59. The molecular formula is C25H29N7O4. The molecule has 0 aliphatic heterocycles. The first-order chi connectivity index (χ1) is 17.4. The molecule has 0 radical (unpaired) electrons. The van der Waals surface area contributed by atoms with E-state index in [1.54, 1.807) is 6.07 Å². The van der Waals surface area contributed by atoms with E-state index in [4.69, 9.17) is 20.4 Å². The van der Waals surface area contributed by atoms with Gasteiger partial charge in [0.1, 0.15) is 30.2 Å².